The number of hydrogen-bond donors (Lipinski definition) is 1. The summed E-state index contributed by atoms with van der Waals surface area (Å²) in [6, 6.07) is 0. The van der Waals surface area contributed by atoms with Crippen molar-refractivity contribution in [2.75, 3.05) is 0 Å². The summed E-state index contributed by atoms with van der Waals surface area (Å²) >= 11 is 0. The van der Waals surface area contributed by atoms with Crippen LogP contribution in [0, 0.1) is 11.3 Å². The van der Waals surface area contributed by atoms with Crippen LogP contribution < -0.4 is 0 Å². The van der Waals surface area contributed by atoms with Gasteiger partial charge in [0.05, 0.1) is 5.41 Å². The van der Waals surface area contributed by atoms with Crippen molar-refractivity contribution in [1.29, 1.82) is 0 Å². The summed E-state index contributed by atoms with van der Waals surface area (Å²) in [5, 5.41) is 10.1. The topological polar surface area (TPSA) is 37.3 Å². The second-order valence-corrected chi connectivity index (χ2v) is 8.37. The average Bonchev–Trinajstić information content (AvgIpc) is 2.64. The van der Waals surface area contributed by atoms with Crippen molar-refractivity contribution >= 4 is 5.97 Å². The van der Waals surface area contributed by atoms with E-state index < -0.39 is 11.4 Å². The Kier molecular flexibility index (Phi) is 16.3. The van der Waals surface area contributed by atoms with Crippen LogP contribution in [0.15, 0.2) is 0 Å². The summed E-state index contributed by atoms with van der Waals surface area (Å²) in [5.41, 5.74) is -0.482. The molecule has 156 valence electrons. The molecule has 0 aromatic heterocycles. The molecule has 1 N–H and O–H groups in total. The number of carboxylic acid groups (broad SMARTS) is 1. The van der Waals surface area contributed by atoms with E-state index in [2.05, 4.69) is 27.7 Å². The summed E-state index contributed by atoms with van der Waals surface area (Å²) in [5.74, 6) is -0.166. The molecule has 26 heavy (non-hydrogen) atoms. The van der Waals surface area contributed by atoms with Crippen LogP contribution >= 0.6 is 0 Å². The minimum absolute atomic E-state index is 0.365. The number of rotatable bonds is 19. The van der Waals surface area contributed by atoms with E-state index in [-0.39, 0.29) is 0 Å². The summed E-state index contributed by atoms with van der Waals surface area (Å²) < 4.78 is 0. The Hall–Kier alpha value is -0.530. The van der Waals surface area contributed by atoms with Crippen LogP contribution in [0.1, 0.15) is 137 Å². The van der Waals surface area contributed by atoms with Gasteiger partial charge < -0.3 is 5.11 Å². The third-order valence-electron chi connectivity index (χ3n) is 6.38. The van der Waals surface area contributed by atoms with Crippen molar-refractivity contribution in [3.8, 4) is 0 Å². The molecule has 2 unspecified atom stereocenters. The zero-order valence-corrected chi connectivity index (χ0v) is 18.5. The molecular formula is C24H48O2. The van der Waals surface area contributed by atoms with Crippen LogP contribution in [-0.2, 0) is 4.79 Å². The summed E-state index contributed by atoms with van der Waals surface area (Å²) in [6.07, 6.45) is 20.2. The van der Waals surface area contributed by atoms with Gasteiger partial charge in [-0.1, -0.05) is 111 Å². The first-order chi connectivity index (χ1) is 12.6. The van der Waals surface area contributed by atoms with Crippen molar-refractivity contribution < 1.29 is 9.90 Å². The highest BCUT2D eigenvalue weighted by atomic mass is 16.4. The molecule has 2 heteroatoms. The van der Waals surface area contributed by atoms with E-state index in [1.165, 1.54) is 70.6 Å². The molecule has 0 aromatic carbocycles. The maximum absolute atomic E-state index is 12.3. The quantitative estimate of drug-likeness (QED) is 0.232. The third-order valence-corrected chi connectivity index (χ3v) is 6.38. The Balaban J connectivity index is 4.73. The molecule has 0 rings (SSSR count). The number of unbranched alkanes of at least 4 members (excludes halogenated alkanes) is 10. The van der Waals surface area contributed by atoms with Gasteiger partial charge in [0.1, 0.15) is 0 Å². The van der Waals surface area contributed by atoms with Gasteiger partial charge in [-0.15, -0.1) is 0 Å². The largest absolute Gasteiger partial charge is 0.481 e. The van der Waals surface area contributed by atoms with Crippen molar-refractivity contribution in [3.05, 3.63) is 0 Å². The van der Waals surface area contributed by atoms with Crippen LogP contribution in [0.4, 0.5) is 0 Å². The highest BCUT2D eigenvalue weighted by molar-refractivity contribution is 5.75. The van der Waals surface area contributed by atoms with Crippen molar-refractivity contribution in [1.82, 2.24) is 0 Å². The van der Waals surface area contributed by atoms with E-state index in [0.717, 1.165) is 38.5 Å². The number of aliphatic carboxylic acids is 1. The lowest BCUT2D eigenvalue weighted by Crippen LogP contribution is -2.38. The molecule has 0 amide bonds. The highest BCUT2D eigenvalue weighted by Crippen LogP contribution is 2.43. The molecule has 0 bridgehead atoms. The van der Waals surface area contributed by atoms with Crippen molar-refractivity contribution in [3.63, 3.8) is 0 Å². The van der Waals surface area contributed by atoms with Crippen LogP contribution in [0.3, 0.4) is 0 Å². The van der Waals surface area contributed by atoms with E-state index in [1.807, 2.05) is 0 Å². The number of hydrogen-bond acceptors (Lipinski definition) is 1. The van der Waals surface area contributed by atoms with Gasteiger partial charge in [-0.25, -0.2) is 0 Å². The molecule has 0 radical (unpaired) electrons. The predicted octanol–water partition coefficient (Wildman–Crippen LogP) is 8.38. The van der Waals surface area contributed by atoms with Gasteiger partial charge >= 0.3 is 5.97 Å². The molecule has 0 fully saturated rings. The summed E-state index contributed by atoms with van der Waals surface area (Å²) in [7, 11) is 0. The lowest BCUT2D eigenvalue weighted by Gasteiger charge is -2.37. The van der Waals surface area contributed by atoms with Crippen LogP contribution in [-0.4, -0.2) is 11.1 Å². The lowest BCUT2D eigenvalue weighted by atomic mass is 9.66. The van der Waals surface area contributed by atoms with E-state index in [1.54, 1.807) is 0 Å². The minimum Gasteiger partial charge on any atom is -0.481 e. The van der Waals surface area contributed by atoms with Gasteiger partial charge in [-0.3, -0.25) is 4.79 Å². The minimum atomic E-state index is -0.531. The fraction of sp³-hybridized carbons (Fsp3) is 0.958. The Labute approximate surface area is 164 Å². The molecule has 0 aromatic rings. The highest BCUT2D eigenvalue weighted by Gasteiger charge is 2.42. The Morgan fingerprint density at radius 2 is 1.12 bits per heavy atom. The maximum Gasteiger partial charge on any atom is 0.309 e. The molecule has 0 saturated carbocycles. The smallest absolute Gasteiger partial charge is 0.309 e. The second kappa shape index (κ2) is 16.6. The molecule has 2 nitrogen and oxygen atoms in total. The molecule has 0 aliphatic heterocycles. The van der Waals surface area contributed by atoms with Crippen LogP contribution in [0.2, 0.25) is 0 Å². The fourth-order valence-electron chi connectivity index (χ4n) is 4.46. The zero-order valence-electron chi connectivity index (χ0n) is 18.5. The molecule has 0 heterocycles. The predicted molar refractivity (Wildman–Crippen MR) is 115 cm³/mol. The normalized spacial score (nSPS) is 14.9. The van der Waals surface area contributed by atoms with Gasteiger partial charge in [-0.05, 0) is 31.6 Å². The average molecular weight is 369 g/mol. The van der Waals surface area contributed by atoms with E-state index in [9.17, 15) is 9.90 Å². The summed E-state index contributed by atoms with van der Waals surface area (Å²) in [4.78, 5) is 12.3. The van der Waals surface area contributed by atoms with Crippen molar-refractivity contribution in [2.45, 2.75) is 137 Å². The zero-order chi connectivity index (χ0) is 19.7. The Bertz CT molecular complexity index is 326. The Morgan fingerprint density at radius 3 is 1.54 bits per heavy atom. The first-order valence-corrected chi connectivity index (χ1v) is 11.8. The molecule has 0 aliphatic rings. The fourth-order valence-corrected chi connectivity index (χ4v) is 4.46. The van der Waals surface area contributed by atoms with E-state index >= 15 is 0 Å². The molecule has 0 spiro atoms. The maximum atomic E-state index is 12.3. The van der Waals surface area contributed by atoms with Gasteiger partial charge in [0.25, 0.3) is 0 Å². The second-order valence-electron chi connectivity index (χ2n) is 8.37. The van der Waals surface area contributed by atoms with Gasteiger partial charge in [-0.2, -0.15) is 0 Å². The molecular weight excluding hydrogens is 320 g/mol. The van der Waals surface area contributed by atoms with Crippen LogP contribution in [0.25, 0.3) is 0 Å². The summed E-state index contributed by atoms with van der Waals surface area (Å²) in [6.45, 7) is 8.78. The van der Waals surface area contributed by atoms with Gasteiger partial charge in [0, 0.05) is 0 Å². The van der Waals surface area contributed by atoms with Gasteiger partial charge in [0.15, 0.2) is 0 Å². The number of carboxylic acids is 1. The van der Waals surface area contributed by atoms with Crippen LogP contribution in [0.5, 0.6) is 0 Å². The molecule has 0 saturated heterocycles. The Morgan fingerprint density at radius 1 is 0.692 bits per heavy atom. The molecule has 0 aliphatic carbocycles. The third kappa shape index (κ3) is 9.97. The van der Waals surface area contributed by atoms with Crippen molar-refractivity contribution in [2.24, 2.45) is 11.3 Å². The van der Waals surface area contributed by atoms with E-state index in [0.29, 0.717) is 5.92 Å². The first kappa shape index (κ1) is 25.5. The van der Waals surface area contributed by atoms with Gasteiger partial charge in [0.2, 0.25) is 0 Å². The molecule has 2 atom stereocenters. The first-order valence-electron chi connectivity index (χ1n) is 11.8. The number of carbonyl (C=O) groups is 1. The van der Waals surface area contributed by atoms with E-state index in [4.69, 9.17) is 0 Å². The monoisotopic (exact) mass is 368 g/mol. The standard InChI is InChI=1S/C24H48O2/c1-5-9-12-14-15-16-18-20-22(19-17-13-10-6-2)24(8-4,23(25)26)21-11-7-3/h22H,5-21H2,1-4H3,(H,25,26). The SMILES string of the molecule is CCCCCCCCCC(CCCCCC)C(CC)(CCCC)C(=O)O. The lowest BCUT2D eigenvalue weighted by molar-refractivity contribution is -0.154.